The summed E-state index contributed by atoms with van der Waals surface area (Å²) in [5, 5.41) is 0. The predicted molar refractivity (Wildman–Crippen MR) is 193 cm³/mol. The van der Waals surface area contributed by atoms with Gasteiger partial charge in [0.05, 0.1) is 10.5 Å². The van der Waals surface area contributed by atoms with Crippen LogP contribution < -0.4 is 19.9 Å². The summed E-state index contributed by atoms with van der Waals surface area (Å²) in [6, 6.07) is 11.6. The lowest BCUT2D eigenvalue weighted by Crippen LogP contribution is -2.47. The van der Waals surface area contributed by atoms with Crippen LogP contribution in [0.25, 0.3) is 11.7 Å². The number of piperazine rings is 1. The van der Waals surface area contributed by atoms with Gasteiger partial charge in [0.1, 0.15) is 15.8 Å². The van der Waals surface area contributed by atoms with Crippen LogP contribution in [0.2, 0.25) is 0 Å². The molecule has 0 N–H and O–H groups in total. The molecule has 5 heterocycles. The molecule has 0 atom stereocenters. The molecule has 1 aromatic carbocycles. The molecule has 2 fully saturated rings. The molecule has 0 saturated carbocycles. The number of hydrogen-bond acceptors (Lipinski definition) is 9. The number of nitrogens with zero attached hydrogens (tertiary/aromatic N) is 5. The largest absolute Gasteiger partial charge is 0.454 e. The molecule has 3 aromatic rings. The Labute approximate surface area is 286 Å². The summed E-state index contributed by atoms with van der Waals surface area (Å²) in [6.07, 6.45) is 15.8. The van der Waals surface area contributed by atoms with Crippen molar-refractivity contribution in [1.29, 1.82) is 0 Å². The molecule has 3 aliphatic heterocycles. The second-order valence-electron chi connectivity index (χ2n) is 12.5. The van der Waals surface area contributed by atoms with Crippen molar-refractivity contribution in [3.63, 3.8) is 0 Å². The Morgan fingerprint density at radius 3 is 2.38 bits per heavy atom. The van der Waals surface area contributed by atoms with Gasteiger partial charge in [-0.3, -0.25) is 23.8 Å². The maximum atomic E-state index is 13.9. The first-order valence-electron chi connectivity index (χ1n) is 17.1. The van der Waals surface area contributed by atoms with E-state index < -0.39 is 0 Å². The van der Waals surface area contributed by atoms with Crippen molar-refractivity contribution in [3.8, 4) is 11.5 Å². The number of carbonyl (C=O) groups is 1. The van der Waals surface area contributed by atoms with E-state index in [9.17, 15) is 9.59 Å². The van der Waals surface area contributed by atoms with Crippen molar-refractivity contribution in [1.82, 2.24) is 19.2 Å². The maximum Gasteiger partial charge on any atom is 0.267 e. The molecule has 0 unspecified atom stereocenters. The maximum absolute atomic E-state index is 13.9. The molecule has 250 valence electrons. The summed E-state index contributed by atoms with van der Waals surface area (Å²) in [4.78, 5) is 39.1. The Balaban J connectivity index is 1.10. The van der Waals surface area contributed by atoms with E-state index in [4.69, 9.17) is 26.7 Å². The van der Waals surface area contributed by atoms with E-state index in [2.05, 4.69) is 22.8 Å². The van der Waals surface area contributed by atoms with Crippen LogP contribution in [0, 0.1) is 0 Å². The Kier molecular flexibility index (Phi) is 11.5. The first-order chi connectivity index (χ1) is 23.0. The molecule has 0 radical (unpaired) electrons. The number of hydrogen-bond donors (Lipinski definition) is 0. The Morgan fingerprint density at radius 1 is 0.894 bits per heavy atom. The van der Waals surface area contributed by atoms with Crippen LogP contribution in [0.3, 0.4) is 0 Å². The van der Waals surface area contributed by atoms with Crippen molar-refractivity contribution in [3.05, 3.63) is 69.0 Å². The van der Waals surface area contributed by atoms with Gasteiger partial charge >= 0.3 is 0 Å². The van der Waals surface area contributed by atoms with Gasteiger partial charge in [-0.2, -0.15) is 0 Å². The number of ether oxygens (including phenoxy) is 2. The van der Waals surface area contributed by atoms with Crippen LogP contribution in [0.4, 0.5) is 5.82 Å². The van der Waals surface area contributed by atoms with Crippen molar-refractivity contribution in [2.45, 2.75) is 77.7 Å². The minimum atomic E-state index is -0.187. The van der Waals surface area contributed by atoms with Crippen molar-refractivity contribution in [2.75, 3.05) is 44.4 Å². The number of thioether (sulfide) groups is 1. The van der Waals surface area contributed by atoms with Gasteiger partial charge in [-0.25, -0.2) is 4.98 Å². The smallest absolute Gasteiger partial charge is 0.267 e. The van der Waals surface area contributed by atoms with E-state index in [1.165, 1.54) is 68.7 Å². The summed E-state index contributed by atoms with van der Waals surface area (Å²) in [6.45, 7) is 6.97. The van der Waals surface area contributed by atoms with Gasteiger partial charge in [0, 0.05) is 45.5 Å². The zero-order valence-corrected chi connectivity index (χ0v) is 29.0. The zero-order valence-electron chi connectivity index (χ0n) is 27.3. The molecule has 47 heavy (non-hydrogen) atoms. The van der Waals surface area contributed by atoms with Crippen LogP contribution in [-0.4, -0.2) is 68.9 Å². The Bertz CT molecular complexity index is 1670. The van der Waals surface area contributed by atoms with Crippen molar-refractivity contribution in [2.24, 2.45) is 0 Å². The topological polar surface area (TPSA) is 79.6 Å². The molecular formula is C36H45N5O4S2. The lowest BCUT2D eigenvalue weighted by Gasteiger charge is -2.36. The molecule has 0 aliphatic carbocycles. The highest BCUT2D eigenvalue weighted by Gasteiger charge is 2.33. The predicted octanol–water partition coefficient (Wildman–Crippen LogP) is 6.87. The highest BCUT2D eigenvalue weighted by Crippen LogP contribution is 2.35. The van der Waals surface area contributed by atoms with Crippen LogP contribution in [0.1, 0.15) is 82.3 Å². The van der Waals surface area contributed by atoms with Gasteiger partial charge < -0.3 is 14.4 Å². The van der Waals surface area contributed by atoms with E-state index in [0.29, 0.717) is 45.9 Å². The van der Waals surface area contributed by atoms with E-state index in [1.807, 2.05) is 30.3 Å². The third-order valence-electron chi connectivity index (χ3n) is 9.15. The Morgan fingerprint density at radius 2 is 1.62 bits per heavy atom. The van der Waals surface area contributed by atoms with Gasteiger partial charge in [-0.05, 0) is 42.3 Å². The molecule has 11 heteroatoms. The standard InChI is InChI=1S/C36H45N5O4S2/c1-2-3-4-5-6-7-8-9-10-12-18-41-35(43)31(47-36(41)46)24-28-33(37-32-14-11-13-17-40(32)34(28)42)39-21-19-38(20-22-39)25-27-15-16-29-30(23-27)45-26-44-29/h11,13-17,23-24H,2-10,12,18-22,25-26H2,1H3/b31-24+. The number of fused-ring (bicyclic) bond motifs is 2. The molecule has 0 spiro atoms. The van der Waals surface area contributed by atoms with E-state index >= 15 is 0 Å². The fourth-order valence-electron chi connectivity index (χ4n) is 6.45. The molecule has 9 nitrogen and oxygen atoms in total. The van der Waals surface area contributed by atoms with E-state index in [0.717, 1.165) is 44.0 Å². The first-order valence-corrected chi connectivity index (χ1v) is 18.4. The lowest BCUT2D eigenvalue weighted by molar-refractivity contribution is -0.122. The molecular weight excluding hydrogens is 631 g/mol. The highest BCUT2D eigenvalue weighted by molar-refractivity contribution is 8.26. The summed E-state index contributed by atoms with van der Waals surface area (Å²) in [5.74, 6) is 2.08. The second kappa shape index (κ2) is 16.1. The Hall–Kier alpha value is -3.41. The first kappa shape index (κ1) is 33.5. The average Bonchev–Trinajstić information content (AvgIpc) is 3.66. The molecule has 6 rings (SSSR count). The number of carbonyl (C=O) groups excluding carboxylic acids is 1. The van der Waals surface area contributed by atoms with Crippen LogP contribution in [0.15, 0.2) is 52.3 Å². The summed E-state index contributed by atoms with van der Waals surface area (Å²) in [7, 11) is 0. The summed E-state index contributed by atoms with van der Waals surface area (Å²) < 4.78 is 13.1. The van der Waals surface area contributed by atoms with E-state index in [-0.39, 0.29) is 18.3 Å². The van der Waals surface area contributed by atoms with Gasteiger partial charge in [0.25, 0.3) is 11.5 Å². The number of amides is 1. The molecule has 2 saturated heterocycles. The number of benzene rings is 1. The number of thiocarbonyl (C=S) groups is 1. The fourth-order valence-corrected chi connectivity index (χ4v) is 7.75. The zero-order chi connectivity index (χ0) is 32.6. The number of unbranched alkanes of at least 4 members (excludes halogenated alkanes) is 9. The third kappa shape index (κ3) is 8.18. The average molecular weight is 676 g/mol. The molecule has 0 bridgehead atoms. The number of pyridine rings is 1. The summed E-state index contributed by atoms with van der Waals surface area (Å²) >= 11 is 6.92. The van der Waals surface area contributed by atoms with Crippen molar-refractivity contribution < 1.29 is 14.3 Å². The highest BCUT2D eigenvalue weighted by atomic mass is 32.2. The molecule has 3 aliphatic rings. The summed E-state index contributed by atoms with van der Waals surface area (Å²) in [5.41, 5.74) is 2.00. The lowest BCUT2D eigenvalue weighted by atomic mass is 10.1. The normalized spacial score (nSPS) is 17.5. The van der Waals surface area contributed by atoms with Gasteiger partial charge in [0.15, 0.2) is 11.5 Å². The fraction of sp³-hybridized carbons (Fsp3) is 0.500. The SMILES string of the molecule is CCCCCCCCCCCCN1C(=O)/C(=C\c2c(N3CCN(Cc4ccc5c(c4)OCO5)CC3)nc3ccccn3c2=O)SC1=S. The number of rotatable bonds is 15. The van der Waals surface area contributed by atoms with E-state index in [1.54, 1.807) is 21.6 Å². The minimum Gasteiger partial charge on any atom is -0.454 e. The third-order valence-corrected chi connectivity index (χ3v) is 10.5. The monoisotopic (exact) mass is 675 g/mol. The van der Waals surface area contributed by atoms with Gasteiger partial charge in [-0.1, -0.05) is 101 Å². The van der Waals surface area contributed by atoms with Gasteiger partial charge in [-0.15, -0.1) is 0 Å². The van der Waals surface area contributed by atoms with Crippen LogP contribution >= 0.6 is 24.0 Å². The van der Waals surface area contributed by atoms with Gasteiger partial charge in [0.2, 0.25) is 6.79 Å². The van der Waals surface area contributed by atoms with Crippen LogP contribution in [0.5, 0.6) is 11.5 Å². The minimum absolute atomic E-state index is 0.118. The van der Waals surface area contributed by atoms with Crippen molar-refractivity contribution >= 4 is 51.7 Å². The number of aromatic nitrogens is 2. The van der Waals surface area contributed by atoms with Crippen LogP contribution in [-0.2, 0) is 11.3 Å². The molecule has 1 amide bonds. The number of anilines is 1. The molecule has 2 aromatic heterocycles. The quantitative estimate of drug-likeness (QED) is 0.0975. The second-order valence-corrected chi connectivity index (χ2v) is 14.2.